The highest BCUT2D eigenvalue weighted by molar-refractivity contribution is 9.10. The fourth-order valence-electron chi connectivity index (χ4n) is 1.69. The van der Waals surface area contributed by atoms with Gasteiger partial charge >= 0.3 is 6.09 Å². The molecule has 0 radical (unpaired) electrons. The number of halogens is 2. The Morgan fingerprint density at radius 2 is 1.96 bits per heavy atom. The topological polar surface area (TPSA) is 76.1 Å². The SMILES string of the molecule is CC(C)(C)OC(=O)NC[C@H](Nc1nc(Cl)ncc1Br)C(C)(C)C. The molecule has 1 rings (SSSR count). The third-order valence-electron chi connectivity index (χ3n) is 2.92. The van der Waals surface area contributed by atoms with Crippen molar-refractivity contribution in [1.29, 1.82) is 0 Å². The molecule has 0 aliphatic carbocycles. The first-order valence-corrected chi connectivity index (χ1v) is 8.47. The minimum absolute atomic E-state index is 0.0858. The largest absolute Gasteiger partial charge is 0.444 e. The van der Waals surface area contributed by atoms with Crippen molar-refractivity contribution in [2.24, 2.45) is 5.41 Å². The van der Waals surface area contributed by atoms with Crippen LogP contribution in [0, 0.1) is 5.41 Å². The summed E-state index contributed by atoms with van der Waals surface area (Å²) in [4.78, 5) is 19.9. The summed E-state index contributed by atoms with van der Waals surface area (Å²) in [6, 6.07) is -0.0858. The maximum absolute atomic E-state index is 11.8. The van der Waals surface area contributed by atoms with Crippen LogP contribution in [-0.2, 0) is 4.74 Å². The lowest BCUT2D eigenvalue weighted by Crippen LogP contribution is -2.45. The Labute approximate surface area is 150 Å². The van der Waals surface area contributed by atoms with Gasteiger partial charge in [0.05, 0.1) is 4.47 Å². The number of ether oxygens (including phenoxy) is 1. The molecule has 6 nitrogen and oxygen atoms in total. The Morgan fingerprint density at radius 3 is 2.48 bits per heavy atom. The Morgan fingerprint density at radius 1 is 1.35 bits per heavy atom. The molecule has 0 unspecified atom stereocenters. The van der Waals surface area contributed by atoms with Gasteiger partial charge < -0.3 is 15.4 Å². The molecule has 130 valence electrons. The summed E-state index contributed by atoms with van der Waals surface area (Å²) in [5.41, 5.74) is -0.663. The minimum Gasteiger partial charge on any atom is -0.444 e. The number of carbonyl (C=O) groups excluding carboxylic acids is 1. The minimum atomic E-state index is -0.530. The van der Waals surface area contributed by atoms with Crippen LogP contribution >= 0.6 is 27.5 Å². The molecule has 0 bridgehead atoms. The highest BCUT2D eigenvalue weighted by atomic mass is 79.9. The van der Waals surface area contributed by atoms with E-state index in [0.717, 1.165) is 0 Å². The van der Waals surface area contributed by atoms with Crippen molar-refractivity contribution in [3.8, 4) is 0 Å². The third-order valence-corrected chi connectivity index (χ3v) is 3.68. The van der Waals surface area contributed by atoms with Crippen LogP contribution in [0.25, 0.3) is 0 Å². The predicted octanol–water partition coefficient (Wildman–Crippen LogP) is 4.24. The molecule has 2 N–H and O–H groups in total. The highest BCUT2D eigenvalue weighted by Gasteiger charge is 2.27. The van der Waals surface area contributed by atoms with E-state index in [1.165, 1.54) is 0 Å². The van der Waals surface area contributed by atoms with E-state index in [2.05, 4.69) is 57.3 Å². The maximum atomic E-state index is 11.8. The van der Waals surface area contributed by atoms with Gasteiger partial charge in [0, 0.05) is 18.8 Å². The van der Waals surface area contributed by atoms with E-state index < -0.39 is 11.7 Å². The molecule has 0 aliphatic rings. The lowest BCUT2D eigenvalue weighted by Gasteiger charge is -2.32. The Kier molecular flexibility index (Phi) is 6.65. The van der Waals surface area contributed by atoms with Crippen molar-refractivity contribution >= 4 is 39.4 Å². The quantitative estimate of drug-likeness (QED) is 0.730. The molecule has 1 aromatic rings. The molecule has 1 atom stereocenters. The average Bonchev–Trinajstić information content (AvgIpc) is 2.34. The Balaban J connectivity index is 2.78. The van der Waals surface area contributed by atoms with Crippen LogP contribution in [0.5, 0.6) is 0 Å². The van der Waals surface area contributed by atoms with Crippen LogP contribution in [-0.4, -0.2) is 34.2 Å². The van der Waals surface area contributed by atoms with E-state index >= 15 is 0 Å². The molecule has 0 fully saturated rings. The van der Waals surface area contributed by atoms with Gasteiger partial charge in [0.25, 0.3) is 0 Å². The van der Waals surface area contributed by atoms with Gasteiger partial charge in [-0.3, -0.25) is 0 Å². The van der Waals surface area contributed by atoms with E-state index in [1.807, 2.05) is 20.8 Å². The lowest BCUT2D eigenvalue weighted by molar-refractivity contribution is 0.0520. The molecule has 1 amide bonds. The molecular formula is C15H24BrClN4O2. The number of nitrogens with zero attached hydrogens (tertiary/aromatic N) is 2. The van der Waals surface area contributed by atoms with Crippen LogP contribution in [0.1, 0.15) is 41.5 Å². The van der Waals surface area contributed by atoms with E-state index in [-0.39, 0.29) is 16.7 Å². The standard InChI is InChI=1S/C15H24BrClN4O2/c1-14(2,3)10(8-19-13(22)23-15(4,5)6)20-11-9(16)7-18-12(17)21-11/h7,10H,8H2,1-6H3,(H,19,22)(H,18,20,21)/t10-/m0/s1. The van der Waals surface area contributed by atoms with Crippen molar-refractivity contribution in [2.75, 3.05) is 11.9 Å². The number of carbonyl (C=O) groups is 1. The number of nitrogens with one attached hydrogen (secondary N) is 2. The summed E-state index contributed by atoms with van der Waals surface area (Å²) in [7, 11) is 0. The van der Waals surface area contributed by atoms with Gasteiger partial charge in [0.15, 0.2) is 0 Å². The summed E-state index contributed by atoms with van der Waals surface area (Å²) >= 11 is 9.23. The van der Waals surface area contributed by atoms with E-state index in [1.54, 1.807) is 6.20 Å². The molecule has 0 spiro atoms. The number of hydrogen-bond donors (Lipinski definition) is 2. The zero-order valence-corrected chi connectivity index (χ0v) is 16.7. The van der Waals surface area contributed by atoms with Gasteiger partial charge in [0.2, 0.25) is 5.28 Å². The molecule has 0 aliphatic heterocycles. The summed E-state index contributed by atoms with van der Waals surface area (Å²) in [5, 5.41) is 6.23. The van der Waals surface area contributed by atoms with Crippen LogP contribution in [0.3, 0.4) is 0 Å². The second-order valence-electron chi connectivity index (χ2n) is 7.28. The van der Waals surface area contributed by atoms with E-state index in [4.69, 9.17) is 16.3 Å². The zero-order valence-electron chi connectivity index (χ0n) is 14.3. The zero-order chi connectivity index (χ0) is 17.8. The Bertz CT molecular complexity index is 555. The van der Waals surface area contributed by atoms with E-state index in [0.29, 0.717) is 16.8 Å². The predicted molar refractivity (Wildman–Crippen MR) is 95.8 cm³/mol. The summed E-state index contributed by atoms with van der Waals surface area (Å²) in [6.07, 6.45) is 1.13. The maximum Gasteiger partial charge on any atom is 0.407 e. The number of rotatable bonds is 4. The lowest BCUT2D eigenvalue weighted by atomic mass is 9.86. The molecule has 8 heteroatoms. The summed E-state index contributed by atoms with van der Waals surface area (Å²) in [5.74, 6) is 0.580. The molecule has 0 aromatic carbocycles. The summed E-state index contributed by atoms with van der Waals surface area (Å²) in [6.45, 7) is 12.1. The van der Waals surface area contributed by atoms with Gasteiger partial charge in [0.1, 0.15) is 11.4 Å². The van der Waals surface area contributed by atoms with Gasteiger partial charge in [-0.2, -0.15) is 4.98 Å². The van der Waals surface area contributed by atoms with Crippen molar-refractivity contribution in [2.45, 2.75) is 53.2 Å². The fraction of sp³-hybridized carbons (Fsp3) is 0.667. The molecule has 1 heterocycles. The smallest absolute Gasteiger partial charge is 0.407 e. The van der Waals surface area contributed by atoms with Crippen LogP contribution in [0.15, 0.2) is 10.7 Å². The number of anilines is 1. The van der Waals surface area contributed by atoms with Gasteiger partial charge in [-0.25, -0.2) is 9.78 Å². The first kappa shape index (κ1) is 20.0. The van der Waals surface area contributed by atoms with Crippen LogP contribution in [0.2, 0.25) is 5.28 Å². The summed E-state index contributed by atoms with van der Waals surface area (Å²) < 4.78 is 5.96. The van der Waals surface area contributed by atoms with Crippen LogP contribution in [0.4, 0.5) is 10.6 Å². The van der Waals surface area contributed by atoms with Gasteiger partial charge in [-0.05, 0) is 53.7 Å². The van der Waals surface area contributed by atoms with E-state index in [9.17, 15) is 4.79 Å². The normalized spacial score (nSPS) is 13.4. The van der Waals surface area contributed by atoms with Crippen molar-refractivity contribution in [1.82, 2.24) is 15.3 Å². The van der Waals surface area contributed by atoms with Gasteiger partial charge in [-0.15, -0.1) is 0 Å². The van der Waals surface area contributed by atoms with Crippen LogP contribution < -0.4 is 10.6 Å². The second-order valence-corrected chi connectivity index (χ2v) is 8.47. The third kappa shape index (κ3) is 7.35. The molecule has 1 aromatic heterocycles. The first-order valence-electron chi connectivity index (χ1n) is 7.30. The number of alkyl carbamates (subject to hydrolysis) is 1. The molecule has 0 saturated carbocycles. The fourth-order valence-corrected chi connectivity index (χ4v) is 2.12. The number of hydrogen-bond acceptors (Lipinski definition) is 5. The molecule has 23 heavy (non-hydrogen) atoms. The average molecular weight is 408 g/mol. The number of aromatic nitrogens is 2. The highest BCUT2D eigenvalue weighted by Crippen LogP contribution is 2.26. The molecular weight excluding hydrogens is 384 g/mol. The first-order chi connectivity index (χ1) is 10.4. The van der Waals surface area contributed by atoms with Crippen molar-refractivity contribution < 1.29 is 9.53 Å². The Hall–Kier alpha value is -1.08. The number of amides is 1. The van der Waals surface area contributed by atoms with Crippen molar-refractivity contribution in [3.63, 3.8) is 0 Å². The second kappa shape index (κ2) is 7.66. The monoisotopic (exact) mass is 406 g/mol. The van der Waals surface area contributed by atoms with Gasteiger partial charge in [-0.1, -0.05) is 20.8 Å². The molecule has 0 saturated heterocycles. The van der Waals surface area contributed by atoms with Crippen molar-refractivity contribution in [3.05, 3.63) is 16.0 Å².